The lowest BCUT2D eigenvalue weighted by Gasteiger charge is -2.12. The van der Waals surface area contributed by atoms with Crippen LogP contribution in [0.2, 0.25) is 0 Å². The lowest BCUT2D eigenvalue weighted by Crippen LogP contribution is -2.04. The Balaban J connectivity index is 1.83. The van der Waals surface area contributed by atoms with Crippen molar-refractivity contribution in [3.63, 3.8) is 0 Å². The summed E-state index contributed by atoms with van der Waals surface area (Å²) in [6.07, 6.45) is 0. The zero-order valence-electron chi connectivity index (χ0n) is 12.3. The van der Waals surface area contributed by atoms with Crippen LogP contribution in [0, 0.1) is 13.8 Å². The SMILES string of the molecule is Cc1nc(C)c(-c2csc(Nc3ccc(C(=O)O)c([O-])c3)n2)s1. The number of nitrogens with zero attached hydrogens (tertiary/aromatic N) is 2. The third kappa shape index (κ3) is 3.17. The van der Waals surface area contributed by atoms with Gasteiger partial charge in [0.2, 0.25) is 0 Å². The molecule has 0 atom stereocenters. The molecule has 8 heteroatoms. The van der Waals surface area contributed by atoms with Crippen LogP contribution in [0.3, 0.4) is 0 Å². The maximum absolute atomic E-state index is 11.7. The van der Waals surface area contributed by atoms with Gasteiger partial charge in [0.25, 0.3) is 0 Å². The van der Waals surface area contributed by atoms with E-state index in [9.17, 15) is 9.90 Å². The minimum atomic E-state index is -1.23. The second-order valence-corrected chi connectivity index (χ2v) is 6.89. The van der Waals surface area contributed by atoms with Crippen molar-refractivity contribution in [3.05, 3.63) is 39.8 Å². The first-order chi connectivity index (χ1) is 10.9. The van der Waals surface area contributed by atoms with Crippen molar-refractivity contribution in [2.45, 2.75) is 13.8 Å². The van der Waals surface area contributed by atoms with E-state index < -0.39 is 11.7 Å². The molecular weight excluding hydrogens is 334 g/mol. The van der Waals surface area contributed by atoms with E-state index in [1.165, 1.54) is 23.5 Å². The van der Waals surface area contributed by atoms with Gasteiger partial charge in [0.05, 0.1) is 26.8 Å². The number of anilines is 2. The fraction of sp³-hybridized carbons (Fsp3) is 0.133. The maximum atomic E-state index is 11.7. The van der Waals surface area contributed by atoms with Crippen molar-refractivity contribution in [1.82, 2.24) is 9.97 Å². The van der Waals surface area contributed by atoms with Gasteiger partial charge in [-0.15, -0.1) is 22.7 Å². The van der Waals surface area contributed by atoms with Crippen LogP contribution in [-0.2, 0) is 0 Å². The zero-order valence-corrected chi connectivity index (χ0v) is 13.9. The largest absolute Gasteiger partial charge is 0.872 e. The van der Waals surface area contributed by atoms with Gasteiger partial charge in [0.15, 0.2) is 5.13 Å². The van der Waals surface area contributed by atoms with Crippen LogP contribution in [-0.4, -0.2) is 21.0 Å². The van der Waals surface area contributed by atoms with E-state index in [0.717, 1.165) is 21.3 Å². The van der Waals surface area contributed by atoms with E-state index in [0.29, 0.717) is 10.8 Å². The van der Waals surface area contributed by atoms with Gasteiger partial charge in [-0.3, -0.25) is 0 Å². The van der Waals surface area contributed by atoms with E-state index in [1.807, 2.05) is 19.2 Å². The summed E-state index contributed by atoms with van der Waals surface area (Å²) >= 11 is 3.00. The highest BCUT2D eigenvalue weighted by Crippen LogP contribution is 2.33. The topological polar surface area (TPSA) is 98.2 Å². The summed E-state index contributed by atoms with van der Waals surface area (Å²) in [6, 6.07) is 4.10. The number of carbonyl (C=O) groups is 1. The average molecular weight is 346 g/mol. The highest BCUT2D eigenvalue weighted by atomic mass is 32.1. The minimum absolute atomic E-state index is 0.244. The van der Waals surface area contributed by atoms with Gasteiger partial charge in [-0.05, 0) is 32.0 Å². The molecule has 0 saturated carbocycles. The predicted molar refractivity (Wildman–Crippen MR) is 88.8 cm³/mol. The molecule has 0 aliphatic carbocycles. The summed E-state index contributed by atoms with van der Waals surface area (Å²) in [6.45, 7) is 3.89. The first-order valence-electron chi connectivity index (χ1n) is 6.65. The summed E-state index contributed by atoms with van der Waals surface area (Å²) in [5.41, 5.74) is 2.05. The Hall–Kier alpha value is -2.45. The molecule has 0 radical (unpaired) electrons. The molecule has 3 rings (SSSR count). The zero-order chi connectivity index (χ0) is 16.6. The molecule has 0 spiro atoms. The molecule has 23 heavy (non-hydrogen) atoms. The fourth-order valence-corrected chi connectivity index (χ4v) is 3.78. The van der Waals surface area contributed by atoms with Gasteiger partial charge < -0.3 is 15.5 Å². The number of aromatic carboxylic acids is 1. The molecule has 0 aliphatic rings. The molecule has 0 aliphatic heterocycles. The summed E-state index contributed by atoms with van der Waals surface area (Å²) < 4.78 is 0. The van der Waals surface area contributed by atoms with Crippen LogP contribution in [0.5, 0.6) is 5.75 Å². The average Bonchev–Trinajstić information content (AvgIpc) is 3.05. The number of hydrogen-bond acceptors (Lipinski definition) is 7. The summed E-state index contributed by atoms with van der Waals surface area (Å²) in [7, 11) is 0. The standard InChI is InChI=1S/C15H13N3O3S2/c1-7-13(23-8(2)16-7)11-6-22-15(18-11)17-9-3-4-10(14(20)21)12(19)5-9/h3-6,19H,1-2H3,(H,17,18)(H,20,21)/p-1. The third-order valence-corrected chi connectivity index (χ3v) is 4.96. The van der Waals surface area contributed by atoms with Crippen LogP contribution < -0.4 is 10.4 Å². The molecule has 2 aromatic heterocycles. The second kappa shape index (κ2) is 5.98. The van der Waals surface area contributed by atoms with Crippen LogP contribution in [0.25, 0.3) is 10.6 Å². The molecule has 118 valence electrons. The van der Waals surface area contributed by atoms with Crippen LogP contribution >= 0.6 is 22.7 Å². The maximum Gasteiger partial charge on any atom is 0.335 e. The van der Waals surface area contributed by atoms with Crippen molar-refractivity contribution < 1.29 is 15.0 Å². The highest BCUT2D eigenvalue weighted by Gasteiger charge is 2.12. The van der Waals surface area contributed by atoms with Crippen LogP contribution in [0.15, 0.2) is 23.6 Å². The summed E-state index contributed by atoms with van der Waals surface area (Å²) in [5, 5.41) is 27.1. The molecule has 0 amide bonds. The minimum Gasteiger partial charge on any atom is -0.872 e. The Bertz CT molecular complexity index is 886. The number of thiazole rings is 2. The Kier molecular flexibility index (Phi) is 4.01. The molecule has 2 heterocycles. The molecule has 0 fully saturated rings. The van der Waals surface area contributed by atoms with E-state index in [4.69, 9.17) is 5.11 Å². The molecule has 6 nitrogen and oxygen atoms in total. The normalized spacial score (nSPS) is 10.7. The van der Waals surface area contributed by atoms with Crippen LogP contribution in [0.1, 0.15) is 21.1 Å². The molecule has 0 saturated heterocycles. The predicted octanol–water partition coefficient (Wildman–Crippen LogP) is 3.40. The van der Waals surface area contributed by atoms with Crippen molar-refractivity contribution in [2.24, 2.45) is 0 Å². The van der Waals surface area contributed by atoms with E-state index >= 15 is 0 Å². The first kappa shape index (κ1) is 15.4. The third-order valence-electron chi connectivity index (χ3n) is 3.10. The van der Waals surface area contributed by atoms with Crippen molar-refractivity contribution in [1.29, 1.82) is 0 Å². The quantitative estimate of drug-likeness (QED) is 0.751. The Morgan fingerprint density at radius 3 is 2.70 bits per heavy atom. The number of aryl methyl sites for hydroxylation is 2. The molecule has 2 N–H and O–H groups in total. The number of aromatic nitrogens is 2. The molecular formula is C15H12N3O3S2-. The smallest absolute Gasteiger partial charge is 0.335 e. The van der Waals surface area contributed by atoms with Crippen LogP contribution in [0.4, 0.5) is 10.8 Å². The molecule has 0 bridgehead atoms. The molecule has 3 aromatic rings. The number of rotatable bonds is 4. The Morgan fingerprint density at radius 1 is 1.30 bits per heavy atom. The Labute approximate surface area is 140 Å². The van der Waals surface area contributed by atoms with Crippen molar-refractivity contribution in [2.75, 3.05) is 5.32 Å². The number of benzene rings is 1. The van der Waals surface area contributed by atoms with Gasteiger partial charge in [-0.25, -0.2) is 14.8 Å². The van der Waals surface area contributed by atoms with E-state index in [-0.39, 0.29) is 5.56 Å². The highest BCUT2D eigenvalue weighted by molar-refractivity contribution is 7.16. The number of carboxylic acid groups (broad SMARTS) is 1. The van der Waals surface area contributed by atoms with Gasteiger partial charge in [-0.1, -0.05) is 5.75 Å². The second-order valence-electron chi connectivity index (χ2n) is 4.83. The number of hydrogen-bond donors (Lipinski definition) is 2. The van der Waals surface area contributed by atoms with Crippen molar-refractivity contribution in [3.8, 4) is 16.3 Å². The lowest BCUT2D eigenvalue weighted by molar-refractivity contribution is -0.268. The van der Waals surface area contributed by atoms with Gasteiger partial charge in [0, 0.05) is 11.1 Å². The van der Waals surface area contributed by atoms with E-state index in [1.54, 1.807) is 17.4 Å². The monoisotopic (exact) mass is 346 g/mol. The van der Waals surface area contributed by atoms with Crippen molar-refractivity contribution >= 4 is 39.5 Å². The first-order valence-corrected chi connectivity index (χ1v) is 8.35. The number of nitrogens with one attached hydrogen (secondary N) is 1. The van der Waals surface area contributed by atoms with E-state index in [2.05, 4.69) is 15.3 Å². The lowest BCUT2D eigenvalue weighted by atomic mass is 10.2. The summed E-state index contributed by atoms with van der Waals surface area (Å²) in [4.78, 5) is 20.8. The van der Waals surface area contributed by atoms with Gasteiger partial charge in [0.1, 0.15) is 0 Å². The van der Waals surface area contributed by atoms with Gasteiger partial charge in [-0.2, -0.15) is 0 Å². The van der Waals surface area contributed by atoms with Gasteiger partial charge >= 0.3 is 5.97 Å². The number of carboxylic acids is 1. The molecule has 1 aromatic carbocycles. The fourth-order valence-electron chi connectivity index (χ4n) is 2.10. The Morgan fingerprint density at radius 2 is 2.09 bits per heavy atom. The molecule has 0 unspecified atom stereocenters. The summed E-state index contributed by atoms with van der Waals surface area (Å²) in [5.74, 6) is -1.76.